The minimum atomic E-state index is -0.954. The maximum absolute atomic E-state index is 12.0. The summed E-state index contributed by atoms with van der Waals surface area (Å²) in [5, 5.41) is 14.5. The first-order valence-electron chi connectivity index (χ1n) is 8.03. The highest BCUT2D eigenvalue weighted by Crippen LogP contribution is 2.34. The summed E-state index contributed by atoms with van der Waals surface area (Å²) in [6.07, 6.45) is 0. The topological polar surface area (TPSA) is 55.1 Å². The minimum Gasteiger partial charge on any atom is -0.477 e. The van der Waals surface area contributed by atoms with Crippen LogP contribution in [0.2, 0.25) is 0 Å². The van der Waals surface area contributed by atoms with E-state index in [0.29, 0.717) is 23.7 Å². The lowest BCUT2D eigenvalue weighted by Crippen LogP contribution is -2.14. The molecular formula is C20H20N2O2. The van der Waals surface area contributed by atoms with Crippen molar-refractivity contribution in [1.82, 2.24) is 9.78 Å². The second-order valence-corrected chi connectivity index (χ2v) is 6.19. The van der Waals surface area contributed by atoms with Gasteiger partial charge in [0.25, 0.3) is 0 Å². The third-order valence-electron chi connectivity index (χ3n) is 3.80. The molecule has 0 spiro atoms. The van der Waals surface area contributed by atoms with Gasteiger partial charge in [-0.15, -0.1) is 0 Å². The van der Waals surface area contributed by atoms with E-state index in [9.17, 15) is 9.90 Å². The molecule has 24 heavy (non-hydrogen) atoms. The van der Waals surface area contributed by atoms with E-state index in [4.69, 9.17) is 0 Å². The van der Waals surface area contributed by atoms with E-state index in [1.54, 1.807) is 4.68 Å². The molecule has 0 aliphatic rings. The number of hydrogen-bond acceptors (Lipinski definition) is 2. The summed E-state index contributed by atoms with van der Waals surface area (Å²) in [6.45, 7) is 4.67. The lowest BCUT2D eigenvalue weighted by atomic mass is 9.99. The Morgan fingerprint density at radius 2 is 1.54 bits per heavy atom. The van der Waals surface area contributed by atoms with Gasteiger partial charge in [-0.3, -0.25) is 4.68 Å². The van der Waals surface area contributed by atoms with E-state index in [1.807, 2.05) is 60.7 Å². The van der Waals surface area contributed by atoms with Crippen LogP contribution in [0.15, 0.2) is 60.7 Å². The summed E-state index contributed by atoms with van der Waals surface area (Å²) in [7, 11) is 0. The molecule has 4 nitrogen and oxygen atoms in total. The van der Waals surface area contributed by atoms with Gasteiger partial charge in [-0.05, 0) is 11.5 Å². The Balaban J connectivity index is 2.30. The van der Waals surface area contributed by atoms with Crippen molar-refractivity contribution in [2.45, 2.75) is 20.4 Å². The number of carbonyl (C=O) groups is 1. The average molecular weight is 320 g/mol. The van der Waals surface area contributed by atoms with Crippen LogP contribution >= 0.6 is 0 Å². The van der Waals surface area contributed by atoms with Crippen molar-refractivity contribution in [2.75, 3.05) is 0 Å². The van der Waals surface area contributed by atoms with Gasteiger partial charge in [-0.25, -0.2) is 4.79 Å². The van der Waals surface area contributed by atoms with Crippen LogP contribution in [0.1, 0.15) is 24.3 Å². The largest absolute Gasteiger partial charge is 0.477 e. The fourth-order valence-corrected chi connectivity index (χ4v) is 2.83. The molecule has 0 saturated heterocycles. The van der Waals surface area contributed by atoms with Crippen LogP contribution in [0.25, 0.3) is 22.4 Å². The molecule has 3 rings (SSSR count). The van der Waals surface area contributed by atoms with E-state index in [-0.39, 0.29) is 5.69 Å². The van der Waals surface area contributed by atoms with Gasteiger partial charge in [0.15, 0.2) is 5.69 Å². The molecule has 0 aliphatic heterocycles. The molecule has 0 aliphatic carbocycles. The van der Waals surface area contributed by atoms with E-state index in [1.165, 1.54) is 0 Å². The Bertz CT molecular complexity index is 837. The second-order valence-electron chi connectivity index (χ2n) is 6.19. The first-order chi connectivity index (χ1) is 11.6. The van der Waals surface area contributed by atoms with Gasteiger partial charge < -0.3 is 5.11 Å². The number of benzene rings is 2. The van der Waals surface area contributed by atoms with Crippen LogP contribution in [0.4, 0.5) is 0 Å². The third kappa shape index (κ3) is 3.08. The van der Waals surface area contributed by atoms with Crippen LogP contribution in [0.5, 0.6) is 0 Å². The molecule has 0 radical (unpaired) electrons. The molecule has 0 unspecified atom stereocenters. The molecule has 0 saturated carbocycles. The van der Waals surface area contributed by atoms with Gasteiger partial charge in [-0.2, -0.15) is 5.10 Å². The predicted molar refractivity (Wildman–Crippen MR) is 94.9 cm³/mol. The monoisotopic (exact) mass is 320 g/mol. The summed E-state index contributed by atoms with van der Waals surface area (Å²) in [5.41, 5.74) is 3.41. The van der Waals surface area contributed by atoms with E-state index in [2.05, 4.69) is 18.9 Å². The number of rotatable bonds is 5. The molecule has 3 aromatic rings. The quantitative estimate of drug-likeness (QED) is 0.749. The fourth-order valence-electron chi connectivity index (χ4n) is 2.83. The molecule has 0 fully saturated rings. The summed E-state index contributed by atoms with van der Waals surface area (Å²) in [4.78, 5) is 12.0. The number of carboxylic acid groups (broad SMARTS) is 1. The molecule has 2 aromatic carbocycles. The maximum Gasteiger partial charge on any atom is 0.354 e. The van der Waals surface area contributed by atoms with Crippen molar-refractivity contribution in [2.24, 2.45) is 5.92 Å². The SMILES string of the molecule is CC(C)Cn1nc(-c2ccccc2)c(-c2ccccc2)c1C(=O)O. The lowest BCUT2D eigenvalue weighted by molar-refractivity contribution is 0.0683. The Morgan fingerprint density at radius 1 is 1.00 bits per heavy atom. The Hall–Kier alpha value is -2.88. The fraction of sp³-hybridized carbons (Fsp3) is 0.200. The minimum absolute atomic E-state index is 0.244. The van der Waals surface area contributed by atoms with Gasteiger partial charge in [0, 0.05) is 17.7 Å². The van der Waals surface area contributed by atoms with Gasteiger partial charge >= 0.3 is 5.97 Å². The zero-order valence-electron chi connectivity index (χ0n) is 13.8. The number of hydrogen-bond donors (Lipinski definition) is 1. The van der Waals surface area contributed by atoms with Crippen LogP contribution in [0, 0.1) is 5.92 Å². The Kier molecular flexibility index (Phi) is 4.47. The highest BCUT2D eigenvalue weighted by atomic mass is 16.4. The second kappa shape index (κ2) is 6.71. The van der Waals surface area contributed by atoms with Gasteiger partial charge in [0.2, 0.25) is 0 Å². The Labute approximate surface area is 141 Å². The Morgan fingerprint density at radius 3 is 2.04 bits per heavy atom. The van der Waals surface area contributed by atoms with Crippen molar-refractivity contribution < 1.29 is 9.90 Å². The number of carboxylic acids is 1. The first-order valence-corrected chi connectivity index (χ1v) is 8.03. The number of aromatic carboxylic acids is 1. The van der Waals surface area contributed by atoms with Crippen LogP contribution in [-0.2, 0) is 6.54 Å². The lowest BCUT2D eigenvalue weighted by Gasteiger charge is -2.08. The van der Waals surface area contributed by atoms with Crippen molar-refractivity contribution in [3.63, 3.8) is 0 Å². The highest BCUT2D eigenvalue weighted by Gasteiger charge is 2.25. The molecule has 122 valence electrons. The summed E-state index contributed by atoms with van der Waals surface area (Å²) < 4.78 is 1.62. The highest BCUT2D eigenvalue weighted by molar-refractivity contribution is 5.99. The van der Waals surface area contributed by atoms with Crippen molar-refractivity contribution in [3.05, 3.63) is 66.4 Å². The first kappa shape index (κ1) is 16.0. The molecule has 0 amide bonds. The smallest absolute Gasteiger partial charge is 0.354 e. The molecule has 1 aromatic heterocycles. The molecular weight excluding hydrogens is 300 g/mol. The van der Waals surface area contributed by atoms with Crippen LogP contribution in [-0.4, -0.2) is 20.9 Å². The average Bonchev–Trinajstić information content (AvgIpc) is 2.95. The standard InChI is InChI=1S/C20H20N2O2/c1-14(2)13-22-19(20(23)24)17(15-9-5-3-6-10-15)18(21-22)16-11-7-4-8-12-16/h3-12,14H,13H2,1-2H3,(H,23,24). The normalized spacial score (nSPS) is 11.0. The van der Waals surface area contributed by atoms with Gasteiger partial charge in [-0.1, -0.05) is 74.5 Å². The summed E-state index contributed by atoms with van der Waals surface area (Å²) >= 11 is 0. The molecule has 4 heteroatoms. The van der Waals surface area contributed by atoms with Crippen molar-refractivity contribution >= 4 is 5.97 Å². The van der Waals surface area contributed by atoms with E-state index < -0.39 is 5.97 Å². The third-order valence-corrected chi connectivity index (χ3v) is 3.80. The van der Waals surface area contributed by atoms with Crippen molar-refractivity contribution in [1.29, 1.82) is 0 Å². The maximum atomic E-state index is 12.0. The zero-order chi connectivity index (χ0) is 17.1. The number of nitrogens with zero attached hydrogens (tertiary/aromatic N) is 2. The summed E-state index contributed by atoms with van der Waals surface area (Å²) in [5.74, 6) is -0.653. The predicted octanol–water partition coefficient (Wildman–Crippen LogP) is 4.57. The molecule has 0 bridgehead atoms. The molecule has 0 atom stereocenters. The molecule has 1 N–H and O–H groups in total. The number of aromatic nitrogens is 2. The van der Waals surface area contributed by atoms with E-state index in [0.717, 1.165) is 11.1 Å². The zero-order valence-corrected chi connectivity index (χ0v) is 13.8. The van der Waals surface area contributed by atoms with Crippen LogP contribution < -0.4 is 0 Å². The van der Waals surface area contributed by atoms with Crippen molar-refractivity contribution in [3.8, 4) is 22.4 Å². The van der Waals surface area contributed by atoms with E-state index >= 15 is 0 Å². The van der Waals surface area contributed by atoms with Gasteiger partial charge in [0.05, 0.1) is 0 Å². The van der Waals surface area contributed by atoms with Crippen LogP contribution in [0.3, 0.4) is 0 Å². The van der Waals surface area contributed by atoms with Gasteiger partial charge in [0.1, 0.15) is 5.69 Å². The molecule has 1 heterocycles. The summed E-state index contributed by atoms with van der Waals surface area (Å²) in [6, 6.07) is 19.3.